The highest BCUT2D eigenvalue weighted by atomic mass is 79.9. The number of ether oxygens (including phenoxy) is 1. The quantitative estimate of drug-likeness (QED) is 0.701. The normalized spacial score (nSPS) is 24.0. The zero-order valence-corrected chi connectivity index (χ0v) is 16.3. The summed E-state index contributed by atoms with van der Waals surface area (Å²) >= 11 is 3.49. The van der Waals surface area contributed by atoms with Crippen LogP contribution in [0.25, 0.3) is 0 Å². The first-order valence-electron chi connectivity index (χ1n) is 8.72. The molecule has 2 amide bonds. The van der Waals surface area contributed by atoms with Gasteiger partial charge in [-0.05, 0) is 23.1 Å². The first-order chi connectivity index (χ1) is 12.4. The van der Waals surface area contributed by atoms with E-state index in [9.17, 15) is 9.59 Å². The number of hydrogen-bond acceptors (Lipinski definition) is 3. The van der Waals surface area contributed by atoms with Gasteiger partial charge in [-0.1, -0.05) is 84.4 Å². The van der Waals surface area contributed by atoms with Crippen LogP contribution in [0.2, 0.25) is 0 Å². The molecule has 2 aromatic carbocycles. The second-order valence-electron chi connectivity index (χ2n) is 7.42. The van der Waals surface area contributed by atoms with E-state index in [0.717, 1.165) is 16.7 Å². The van der Waals surface area contributed by atoms with Crippen LogP contribution in [-0.4, -0.2) is 27.8 Å². The fourth-order valence-electron chi connectivity index (χ4n) is 4.19. The summed E-state index contributed by atoms with van der Waals surface area (Å²) in [6.07, 6.45) is -0.423. The van der Waals surface area contributed by atoms with E-state index in [1.54, 1.807) is 0 Å². The van der Waals surface area contributed by atoms with Crippen molar-refractivity contribution in [2.24, 2.45) is 0 Å². The summed E-state index contributed by atoms with van der Waals surface area (Å²) in [7, 11) is 0. The Labute approximate surface area is 161 Å². The van der Waals surface area contributed by atoms with Crippen molar-refractivity contribution in [3.63, 3.8) is 0 Å². The summed E-state index contributed by atoms with van der Waals surface area (Å²) in [5.74, 6) is -0.243. The van der Waals surface area contributed by atoms with Crippen LogP contribution in [0.15, 0.2) is 54.6 Å². The SMILES string of the molecule is CC1(C)c2ccccc2[C@H]2OC(=O)N(C(=O)[C@@H](Br)Cc3ccccc3)[C@H]21. The van der Waals surface area contributed by atoms with Crippen LogP contribution < -0.4 is 0 Å². The van der Waals surface area contributed by atoms with E-state index < -0.39 is 17.0 Å². The van der Waals surface area contributed by atoms with E-state index in [1.165, 1.54) is 4.90 Å². The summed E-state index contributed by atoms with van der Waals surface area (Å²) in [6, 6.07) is 17.4. The molecular weight excluding hydrogens is 394 g/mol. The second kappa shape index (κ2) is 6.23. The molecule has 4 nitrogen and oxygen atoms in total. The number of carbonyl (C=O) groups is 2. The van der Waals surface area contributed by atoms with Crippen molar-refractivity contribution in [3.05, 3.63) is 71.3 Å². The van der Waals surface area contributed by atoms with Gasteiger partial charge in [0, 0.05) is 5.41 Å². The van der Waals surface area contributed by atoms with Gasteiger partial charge in [-0.2, -0.15) is 0 Å². The van der Waals surface area contributed by atoms with Crippen LogP contribution in [0.1, 0.15) is 36.6 Å². The molecule has 26 heavy (non-hydrogen) atoms. The van der Waals surface area contributed by atoms with Gasteiger partial charge in [0.1, 0.15) is 0 Å². The number of hydrogen-bond donors (Lipinski definition) is 0. The topological polar surface area (TPSA) is 46.6 Å². The molecule has 0 saturated carbocycles. The van der Waals surface area contributed by atoms with Crippen molar-refractivity contribution in [1.82, 2.24) is 4.90 Å². The van der Waals surface area contributed by atoms with Gasteiger partial charge in [-0.3, -0.25) is 4.79 Å². The number of fused-ring (bicyclic) bond motifs is 3. The smallest absolute Gasteiger partial charge is 0.417 e. The molecule has 1 heterocycles. The summed E-state index contributed by atoms with van der Waals surface area (Å²) < 4.78 is 5.63. The fourth-order valence-corrected chi connectivity index (χ4v) is 4.79. The molecule has 4 rings (SSSR count). The highest BCUT2D eigenvalue weighted by Gasteiger charge is 2.59. The van der Waals surface area contributed by atoms with Crippen molar-refractivity contribution in [1.29, 1.82) is 0 Å². The van der Waals surface area contributed by atoms with Crippen LogP contribution in [-0.2, 0) is 21.4 Å². The van der Waals surface area contributed by atoms with Crippen LogP contribution in [0.4, 0.5) is 4.79 Å². The van der Waals surface area contributed by atoms with Gasteiger partial charge < -0.3 is 4.74 Å². The van der Waals surface area contributed by atoms with Gasteiger partial charge in [0.25, 0.3) is 0 Å². The molecular formula is C21H20BrNO3. The third-order valence-electron chi connectivity index (χ3n) is 5.45. The van der Waals surface area contributed by atoms with Gasteiger partial charge in [0.2, 0.25) is 5.91 Å². The molecule has 0 bridgehead atoms. The van der Waals surface area contributed by atoms with E-state index in [0.29, 0.717) is 6.42 Å². The lowest BCUT2D eigenvalue weighted by Gasteiger charge is -2.32. The number of halogens is 1. The number of carbonyl (C=O) groups excluding carboxylic acids is 2. The Morgan fingerprint density at radius 3 is 2.54 bits per heavy atom. The molecule has 1 saturated heterocycles. The lowest BCUT2D eigenvalue weighted by Crippen LogP contribution is -2.49. The average molecular weight is 414 g/mol. The molecule has 0 radical (unpaired) electrons. The maximum Gasteiger partial charge on any atom is 0.417 e. The van der Waals surface area contributed by atoms with Crippen LogP contribution in [0.3, 0.4) is 0 Å². The predicted octanol–water partition coefficient (Wildman–Crippen LogP) is 4.37. The highest BCUT2D eigenvalue weighted by molar-refractivity contribution is 9.10. The summed E-state index contributed by atoms with van der Waals surface area (Å²) in [5, 5.41) is 0. The first-order valence-corrected chi connectivity index (χ1v) is 9.64. The molecule has 0 spiro atoms. The van der Waals surface area contributed by atoms with E-state index in [-0.39, 0.29) is 17.4 Å². The average Bonchev–Trinajstić information content (AvgIpc) is 3.09. The number of imide groups is 1. The Balaban J connectivity index is 1.63. The molecule has 0 unspecified atom stereocenters. The van der Waals surface area contributed by atoms with Gasteiger partial charge >= 0.3 is 6.09 Å². The monoisotopic (exact) mass is 413 g/mol. The van der Waals surface area contributed by atoms with E-state index in [1.807, 2.05) is 48.5 Å². The zero-order valence-electron chi connectivity index (χ0n) is 14.7. The Bertz CT molecular complexity index is 865. The molecule has 3 atom stereocenters. The van der Waals surface area contributed by atoms with Crippen molar-refractivity contribution < 1.29 is 14.3 Å². The molecule has 2 aromatic rings. The maximum absolute atomic E-state index is 13.1. The number of alkyl halides is 1. The Kier molecular flexibility index (Phi) is 4.14. The lowest BCUT2D eigenvalue weighted by atomic mass is 9.82. The van der Waals surface area contributed by atoms with Crippen molar-refractivity contribution in [2.75, 3.05) is 0 Å². The molecule has 1 aliphatic heterocycles. The van der Waals surface area contributed by atoms with E-state index in [2.05, 4.69) is 35.8 Å². The number of amides is 2. The van der Waals surface area contributed by atoms with Crippen molar-refractivity contribution in [2.45, 2.75) is 42.7 Å². The molecule has 134 valence electrons. The van der Waals surface area contributed by atoms with Gasteiger partial charge in [-0.25, -0.2) is 9.69 Å². The van der Waals surface area contributed by atoms with Gasteiger partial charge in [0.05, 0.1) is 10.9 Å². The third kappa shape index (κ3) is 2.57. The van der Waals surface area contributed by atoms with Crippen molar-refractivity contribution >= 4 is 27.9 Å². The van der Waals surface area contributed by atoms with Gasteiger partial charge in [0.15, 0.2) is 6.10 Å². The minimum absolute atomic E-state index is 0.243. The van der Waals surface area contributed by atoms with Crippen LogP contribution >= 0.6 is 15.9 Å². The highest BCUT2D eigenvalue weighted by Crippen LogP contribution is 2.52. The summed E-state index contributed by atoms with van der Waals surface area (Å²) in [6.45, 7) is 4.14. The van der Waals surface area contributed by atoms with E-state index in [4.69, 9.17) is 4.74 Å². The second-order valence-corrected chi connectivity index (χ2v) is 8.53. The van der Waals surface area contributed by atoms with Crippen LogP contribution in [0.5, 0.6) is 0 Å². The third-order valence-corrected chi connectivity index (χ3v) is 6.17. The Morgan fingerprint density at radius 2 is 1.81 bits per heavy atom. The Morgan fingerprint density at radius 1 is 1.15 bits per heavy atom. The largest absolute Gasteiger partial charge is 0.439 e. The van der Waals surface area contributed by atoms with E-state index >= 15 is 0 Å². The fraction of sp³-hybridized carbons (Fsp3) is 0.333. The molecule has 1 fully saturated rings. The first kappa shape index (κ1) is 17.3. The van der Waals surface area contributed by atoms with Crippen molar-refractivity contribution in [3.8, 4) is 0 Å². The standard InChI is InChI=1S/C21H20BrNO3/c1-21(2)15-11-7-6-10-14(15)17-18(21)23(20(25)26-17)19(24)16(22)12-13-8-4-3-5-9-13/h3-11,16-18H,12H2,1-2H3/t16-,17+,18+/m0/s1. The molecule has 1 aliphatic carbocycles. The molecule has 2 aliphatic rings. The summed E-state index contributed by atoms with van der Waals surface area (Å²) in [4.78, 5) is 26.5. The van der Waals surface area contributed by atoms with Gasteiger partial charge in [-0.15, -0.1) is 0 Å². The maximum atomic E-state index is 13.1. The Hall–Kier alpha value is -2.14. The zero-order chi connectivity index (χ0) is 18.5. The lowest BCUT2D eigenvalue weighted by molar-refractivity contribution is -0.129. The molecule has 0 aromatic heterocycles. The predicted molar refractivity (Wildman–Crippen MR) is 102 cm³/mol. The number of benzene rings is 2. The van der Waals surface area contributed by atoms with Crippen LogP contribution in [0, 0.1) is 0 Å². The summed E-state index contributed by atoms with van der Waals surface area (Å²) in [5.41, 5.74) is 2.82. The molecule has 5 heteroatoms. The minimum atomic E-state index is -0.551. The molecule has 0 N–H and O–H groups in total. The number of nitrogens with zero attached hydrogens (tertiary/aromatic N) is 1. The minimum Gasteiger partial charge on any atom is -0.439 e. The number of rotatable bonds is 3.